The Hall–Kier alpha value is -0.650. The van der Waals surface area contributed by atoms with Crippen LogP contribution in [0.4, 0.5) is 0 Å². The van der Waals surface area contributed by atoms with Crippen molar-refractivity contribution < 1.29 is 5.11 Å². The molecule has 1 aromatic carbocycles. The van der Waals surface area contributed by atoms with Gasteiger partial charge >= 0.3 is 0 Å². The first-order valence-electron chi connectivity index (χ1n) is 6.16. The van der Waals surface area contributed by atoms with Crippen molar-refractivity contribution in [3.63, 3.8) is 0 Å². The van der Waals surface area contributed by atoms with E-state index in [1.807, 2.05) is 29.9 Å². The number of aliphatic hydroxyl groups is 1. The summed E-state index contributed by atoms with van der Waals surface area (Å²) in [5, 5.41) is 14.7. The molecule has 0 aliphatic carbocycles. The second-order valence-corrected chi connectivity index (χ2v) is 6.21. The van der Waals surface area contributed by atoms with Gasteiger partial charge in [-0.15, -0.1) is 0 Å². The lowest BCUT2D eigenvalue weighted by molar-refractivity contribution is 0.175. The standard InChI is InChI=1S/C14H16Br2N2O/c1-3-10-7-11(18(2)17-10)8-14(19)9-4-5-12(15)13(16)6-9/h4-7,14,19H,3,8H2,1-2H3. The van der Waals surface area contributed by atoms with Crippen molar-refractivity contribution >= 4 is 31.9 Å². The lowest BCUT2D eigenvalue weighted by Crippen LogP contribution is -2.06. The Balaban J connectivity index is 2.17. The Bertz CT molecular complexity index is 581. The molecule has 0 bridgehead atoms. The Labute approximate surface area is 129 Å². The molecule has 0 fully saturated rings. The molecule has 1 atom stereocenters. The van der Waals surface area contributed by atoms with Crippen molar-refractivity contribution in [3.8, 4) is 0 Å². The van der Waals surface area contributed by atoms with Gasteiger partial charge < -0.3 is 5.11 Å². The molecule has 0 aliphatic rings. The van der Waals surface area contributed by atoms with E-state index in [-0.39, 0.29) is 0 Å². The molecule has 2 aromatic rings. The molecule has 3 nitrogen and oxygen atoms in total. The Morgan fingerprint density at radius 1 is 1.26 bits per heavy atom. The van der Waals surface area contributed by atoms with Crippen LogP contribution >= 0.6 is 31.9 Å². The van der Waals surface area contributed by atoms with E-state index in [0.29, 0.717) is 6.42 Å². The summed E-state index contributed by atoms with van der Waals surface area (Å²) >= 11 is 6.88. The summed E-state index contributed by atoms with van der Waals surface area (Å²) in [7, 11) is 1.92. The highest BCUT2D eigenvalue weighted by atomic mass is 79.9. The molecule has 102 valence electrons. The van der Waals surface area contributed by atoms with Crippen molar-refractivity contribution in [1.29, 1.82) is 0 Å². The number of nitrogens with zero attached hydrogens (tertiary/aromatic N) is 2. The van der Waals surface area contributed by atoms with Crippen LogP contribution in [0.1, 0.15) is 30.0 Å². The van der Waals surface area contributed by atoms with E-state index >= 15 is 0 Å². The highest BCUT2D eigenvalue weighted by Gasteiger charge is 2.13. The SMILES string of the molecule is CCc1cc(CC(O)c2ccc(Br)c(Br)c2)n(C)n1. The highest BCUT2D eigenvalue weighted by molar-refractivity contribution is 9.13. The number of hydrogen-bond donors (Lipinski definition) is 1. The van der Waals surface area contributed by atoms with Gasteiger partial charge in [-0.05, 0) is 62.0 Å². The van der Waals surface area contributed by atoms with Crippen LogP contribution in [-0.2, 0) is 19.9 Å². The lowest BCUT2D eigenvalue weighted by atomic mass is 10.0. The topological polar surface area (TPSA) is 38.0 Å². The third-order valence-corrected chi connectivity index (χ3v) is 5.00. The van der Waals surface area contributed by atoms with E-state index in [4.69, 9.17) is 0 Å². The maximum atomic E-state index is 10.3. The van der Waals surface area contributed by atoms with Crippen molar-refractivity contribution in [2.75, 3.05) is 0 Å². The zero-order valence-electron chi connectivity index (χ0n) is 10.9. The molecule has 0 aliphatic heterocycles. The van der Waals surface area contributed by atoms with Gasteiger partial charge in [0.05, 0.1) is 11.8 Å². The zero-order valence-corrected chi connectivity index (χ0v) is 14.1. The molecule has 1 aromatic heterocycles. The number of aryl methyl sites for hydroxylation is 2. The second-order valence-electron chi connectivity index (χ2n) is 4.50. The number of halogens is 2. The monoisotopic (exact) mass is 386 g/mol. The molecule has 1 heterocycles. The van der Waals surface area contributed by atoms with E-state index in [9.17, 15) is 5.11 Å². The fourth-order valence-corrected chi connectivity index (χ4v) is 2.61. The summed E-state index contributed by atoms with van der Waals surface area (Å²) in [4.78, 5) is 0. The van der Waals surface area contributed by atoms with Crippen LogP contribution in [-0.4, -0.2) is 14.9 Å². The van der Waals surface area contributed by atoms with Crippen LogP contribution in [0.25, 0.3) is 0 Å². The number of aromatic nitrogens is 2. The molecule has 0 saturated carbocycles. The van der Waals surface area contributed by atoms with Gasteiger partial charge in [0.1, 0.15) is 0 Å². The first-order chi connectivity index (χ1) is 9.01. The minimum absolute atomic E-state index is 0.524. The van der Waals surface area contributed by atoms with Crippen molar-refractivity contribution in [3.05, 3.63) is 50.2 Å². The molecule has 5 heteroatoms. The molecule has 1 unspecified atom stereocenters. The summed E-state index contributed by atoms with van der Waals surface area (Å²) in [5.41, 5.74) is 3.00. The number of aliphatic hydroxyl groups excluding tert-OH is 1. The second kappa shape index (κ2) is 6.20. The van der Waals surface area contributed by atoms with Crippen molar-refractivity contribution in [1.82, 2.24) is 9.78 Å². The molecule has 19 heavy (non-hydrogen) atoms. The van der Waals surface area contributed by atoms with Crippen LogP contribution < -0.4 is 0 Å². The van der Waals surface area contributed by atoms with Gasteiger partial charge in [-0.1, -0.05) is 13.0 Å². The van der Waals surface area contributed by atoms with Gasteiger partial charge in [0.2, 0.25) is 0 Å². The third-order valence-electron chi connectivity index (χ3n) is 3.12. The van der Waals surface area contributed by atoms with Gasteiger partial charge in [0, 0.05) is 28.1 Å². The zero-order chi connectivity index (χ0) is 14.0. The quantitative estimate of drug-likeness (QED) is 0.866. The van der Waals surface area contributed by atoms with Crippen molar-refractivity contribution in [2.45, 2.75) is 25.9 Å². The molecule has 0 spiro atoms. The minimum atomic E-state index is -0.524. The summed E-state index contributed by atoms with van der Waals surface area (Å²) in [6.07, 6.45) is 0.954. The fraction of sp³-hybridized carbons (Fsp3) is 0.357. The largest absolute Gasteiger partial charge is 0.388 e. The summed E-state index contributed by atoms with van der Waals surface area (Å²) in [6, 6.07) is 7.85. The highest BCUT2D eigenvalue weighted by Crippen LogP contribution is 2.27. The average Bonchev–Trinajstić information content (AvgIpc) is 2.73. The molecule has 0 saturated heterocycles. The molecular weight excluding hydrogens is 372 g/mol. The van der Waals surface area contributed by atoms with Crippen LogP contribution in [0.3, 0.4) is 0 Å². The van der Waals surface area contributed by atoms with Crippen LogP contribution in [0, 0.1) is 0 Å². The molecule has 2 rings (SSSR count). The van der Waals surface area contributed by atoms with Crippen molar-refractivity contribution in [2.24, 2.45) is 7.05 Å². The number of rotatable bonds is 4. The average molecular weight is 388 g/mol. The predicted molar refractivity (Wildman–Crippen MR) is 83.1 cm³/mol. The maximum Gasteiger partial charge on any atom is 0.0845 e. The van der Waals surface area contributed by atoms with Crippen LogP contribution in [0.5, 0.6) is 0 Å². The third kappa shape index (κ3) is 3.46. The maximum absolute atomic E-state index is 10.3. The predicted octanol–water partition coefficient (Wildman–Crippen LogP) is 3.78. The van der Waals surface area contributed by atoms with E-state index in [0.717, 1.165) is 32.3 Å². The Morgan fingerprint density at radius 2 is 2.00 bits per heavy atom. The molecule has 0 amide bonds. The summed E-state index contributed by atoms with van der Waals surface area (Å²) in [5.74, 6) is 0. The van der Waals surface area contributed by atoms with Gasteiger partial charge in [0.15, 0.2) is 0 Å². The summed E-state index contributed by atoms with van der Waals surface area (Å²) in [6.45, 7) is 2.08. The van der Waals surface area contributed by atoms with E-state index in [1.165, 1.54) is 0 Å². The first kappa shape index (κ1) is 14.8. The van der Waals surface area contributed by atoms with E-state index in [1.54, 1.807) is 0 Å². The molecule has 0 radical (unpaired) electrons. The smallest absolute Gasteiger partial charge is 0.0845 e. The molecular formula is C14H16Br2N2O. The number of hydrogen-bond acceptors (Lipinski definition) is 2. The van der Waals surface area contributed by atoms with Gasteiger partial charge in [-0.2, -0.15) is 5.10 Å². The van der Waals surface area contributed by atoms with Gasteiger partial charge in [0.25, 0.3) is 0 Å². The number of benzene rings is 1. The minimum Gasteiger partial charge on any atom is -0.388 e. The fourth-order valence-electron chi connectivity index (χ4n) is 1.97. The lowest BCUT2D eigenvalue weighted by Gasteiger charge is -2.12. The Kier molecular flexibility index (Phi) is 4.81. The van der Waals surface area contributed by atoms with E-state index in [2.05, 4.69) is 49.9 Å². The van der Waals surface area contributed by atoms with Crippen LogP contribution in [0.15, 0.2) is 33.2 Å². The van der Waals surface area contributed by atoms with Gasteiger partial charge in [-0.25, -0.2) is 0 Å². The summed E-state index contributed by atoms with van der Waals surface area (Å²) < 4.78 is 3.77. The Morgan fingerprint density at radius 3 is 2.58 bits per heavy atom. The van der Waals surface area contributed by atoms with Crippen LogP contribution in [0.2, 0.25) is 0 Å². The van der Waals surface area contributed by atoms with E-state index < -0.39 is 6.10 Å². The molecule has 1 N–H and O–H groups in total. The van der Waals surface area contributed by atoms with Gasteiger partial charge in [-0.3, -0.25) is 4.68 Å². The normalized spacial score (nSPS) is 12.7. The first-order valence-corrected chi connectivity index (χ1v) is 7.74.